The van der Waals surface area contributed by atoms with E-state index in [0.717, 1.165) is 18.1 Å². The summed E-state index contributed by atoms with van der Waals surface area (Å²) in [4.78, 5) is 19.7. The maximum absolute atomic E-state index is 13.1. The Hall–Kier alpha value is -2.94. The monoisotopic (exact) mass is 422 g/mol. The number of benzene rings is 1. The lowest BCUT2D eigenvalue weighted by Crippen LogP contribution is -2.18. The number of thiophene rings is 1. The van der Waals surface area contributed by atoms with E-state index in [4.69, 9.17) is 9.47 Å². The van der Waals surface area contributed by atoms with Crippen molar-refractivity contribution in [3.05, 3.63) is 65.2 Å². The lowest BCUT2D eigenvalue weighted by molar-refractivity contribution is -0.146. The largest absolute Gasteiger partial charge is 0.463 e. The number of aromatic nitrogens is 2. The normalized spacial score (nSPS) is 11.3. The average Bonchev–Trinajstić information content (AvgIpc) is 3.24. The van der Waals surface area contributed by atoms with Crippen LogP contribution in [0.15, 0.2) is 53.9 Å². The molecule has 0 saturated heterocycles. The van der Waals surface area contributed by atoms with E-state index in [9.17, 15) is 18.0 Å². The summed E-state index contributed by atoms with van der Waals surface area (Å²) in [5.74, 6) is -0.697. The van der Waals surface area contributed by atoms with Crippen molar-refractivity contribution in [1.29, 1.82) is 0 Å². The zero-order valence-electron chi connectivity index (χ0n) is 15.2. The predicted octanol–water partition coefficient (Wildman–Crippen LogP) is 4.78. The van der Waals surface area contributed by atoms with Crippen LogP contribution in [0.3, 0.4) is 0 Å². The van der Waals surface area contributed by atoms with E-state index >= 15 is 0 Å². The Morgan fingerprint density at radius 2 is 1.86 bits per heavy atom. The van der Waals surface area contributed by atoms with E-state index in [1.54, 1.807) is 17.5 Å². The van der Waals surface area contributed by atoms with Gasteiger partial charge in [0.1, 0.15) is 0 Å². The van der Waals surface area contributed by atoms with Gasteiger partial charge >= 0.3 is 18.2 Å². The van der Waals surface area contributed by atoms with Gasteiger partial charge in [0.05, 0.1) is 17.2 Å². The van der Waals surface area contributed by atoms with Gasteiger partial charge in [-0.05, 0) is 35.9 Å². The molecule has 152 valence electrons. The number of rotatable bonds is 8. The number of halogens is 3. The minimum atomic E-state index is -4.66. The number of hydrogen-bond acceptors (Lipinski definition) is 6. The molecule has 0 radical (unpaired) electrons. The fraction of sp³-hybridized carbons (Fsp3) is 0.250. The van der Waals surface area contributed by atoms with E-state index in [2.05, 4.69) is 9.97 Å². The fourth-order valence-electron chi connectivity index (χ4n) is 2.46. The van der Waals surface area contributed by atoms with Crippen molar-refractivity contribution in [3.8, 4) is 16.6 Å². The molecule has 0 aliphatic heterocycles. The zero-order chi connectivity index (χ0) is 20.7. The second kappa shape index (κ2) is 9.51. The summed E-state index contributed by atoms with van der Waals surface area (Å²) in [5, 5.41) is 1.72. The number of aryl methyl sites for hydroxylation is 1. The first-order valence-corrected chi connectivity index (χ1v) is 9.62. The smallest absolute Gasteiger partial charge is 0.433 e. The molecule has 2 heterocycles. The highest BCUT2D eigenvalue weighted by atomic mass is 32.1. The van der Waals surface area contributed by atoms with Crippen molar-refractivity contribution in [2.45, 2.75) is 19.0 Å². The van der Waals surface area contributed by atoms with Crippen LogP contribution in [0, 0.1) is 0 Å². The third kappa shape index (κ3) is 6.28. The molecule has 29 heavy (non-hydrogen) atoms. The molecule has 0 N–H and O–H groups in total. The average molecular weight is 422 g/mol. The van der Waals surface area contributed by atoms with E-state index in [1.807, 2.05) is 30.3 Å². The summed E-state index contributed by atoms with van der Waals surface area (Å²) in [6.45, 7) is -0.391. The second-order valence-corrected chi connectivity index (χ2v) is 6.94. The van der Waals surface area contributed by atoms with Gasteiger partial charge in [0.15, 0.2) is 12.3 Å². The van der Waals surface area contributed by atoms with Crippen LogP contribution in [0.5, 0.6) is 6.01 Å². The summed E-state index contributed by atoms with van der Waals surface area (Å²) in [7, 11) is 0. The molecule has 0 atom stereocenters. The van der Waals surface area contributed by atoms with Crippen LogP contribution in [0.25, 0.3) is 10.6 Å². The first-order valence-electron chi connectivity index (χ1n) is 8.74. The van der Waals surface area contributed by atoms with E-state index in [1.165, 1.54) is 11.3 Å². The van der Waals surface area contributed by atoms with Gasteiger partial charge in [-0.1, -0.05) is 36.4 Å². The highest BCUT2D eigenvalue weighted by Crippen LogP contribution is 2.32. The molecule has 0 unspecified atom stereocenters. The number of hydrogen-bond donors (Lipinski definition) is 0. The second-order valence-electron chi connectivity index (χ2n) is 5.99. The van der Waals surface area contributed by atoms with Crippen LogP contribution in [-0.2, 0) is 22.1 Å². The van der Waals surface area contributed by atoms with Crippen LogP contribution in [0.4, 0.5) is 13.2 Å². The first kappa shape index (κ1) is 20.8. The molecule has 0 aliphatic rings. The molecule has 2 aromatic heterocycles. The Bertz CT molecular complexity index is 932. The third-order valence-corrected chi connectivity index (χ3v) is 4.70. The van der Waals surface area contributed by atoms with Gasteiger partial charge < -0.3 is 9.47 Å². The van der Waals surface area contributed by atoms with Gasteiger partial charge in [0, 0.05) is 0 Å². The number of ether oxygens (including phenoxy) is 2. The highest BCUT2D eigenvalue weighted by Gasteiger charge is 2.34. The molecule has 0 aliphatic carbocycles. The molecule has 0 bridgehead atoms. The van der Waals surface area contributed by atoms with Crippen LogP contribution < -0.4 is 4.74 Å². The lowest BCUT2D eigenvalue weighted by Gasteiger charge is -2.10. The van der Waals surface area contributed by atoms with Gasteiger partial charge in [0.2, 0.25) is 0 Å². The maximum Gasteiger partial charge on any atom is 0.433 e. The highest BCUT2D eigenvalue weighted by molar-refractivity contribution is 7.13. The van der Waals surface area contributed by atoms with Gasteiger partial charge in [-0.15, -0.1) is 11.3 Å². The SMILES string of the molecule is O=C(COc1nc(-c2cccs2)cc(C(F)(F)F)n1)OCCCc1ccccc1. The van der Waals surface area contributed by atoms with Crippen LogP contribution in [0.1, 0.15) is 17.7 Å². The Balaban J connectivity index is 1.55. The summed E-state index contributed by atoms with van der Waals surface area (Å²) in [6, 6.07) is 13.4. The predicted molar refractivity (Wildman–Crippen MR) is 102 cm³/mol. The van der Waals surface area contributed by atoms with Gasteiger partial charge in [-0.2, -0.15) is 23.1 Å². The van der Waals surface area contributed by atoms with Gasteiger partial charge in [-0.25, -0.2) is 4.79 Å². The Morgan fingerprint density at radius 1 is 1.07 bits per heavy atom. The molecule has 3 rings (SSSR count). The fourth-order valence-corrected chi connectivity index (χ4v) is 3.14. The zero-order valence-corrected chi connectivity index (χ0v) is 16.0. The van der Waals surface area contributed by atoms with Crippen LogP contribution in [0.2, 0.25) is 0 Å². The van der Waals surface area contributed by atoms with Crippen LogP contribution in [-0.4, -0.2) is 29.2 Å². The van der Waals surface area contributed by atoms with Crippen LogP contribution >= 0.6 is 11.3 Å². The van der Waals surface area contributed by atoms with Crippen molar-refractivity contribution in [2.24, 2.45) is 0 Å². The van der Waals surface area contributed by atoms with Gasteiger partial charge in [0.25, 0.3) is 0 Å². The number of alkyl halides is 3. The molecule has 0 fully saturated rings. The summed E-state index contributed by atoms with van der Waals surface area (Å²) in [5.41, 5.74) is 0.0638. The molecule has 3 aromatic rings. The molecule has 5 nitrogen and oxygen atoms in total. The van der Waals surface area contributed by atoms with Crippen molar-refractivity contribution >= 4 is 17.3 Å². The molecule has 0 amide bonds. The van der Waals surface area contributed by atoms with Crippen molar-refractivity contribution in [3.63, 3.8) is 0 Å². The van der Waals surface area contributed by atoms with Crippen molar-refractivity contribution < 1.29 is 27.4 Å². The van der Waals surface area contributed by atoms with E-state index in [-0.39, 0.29) is 12.3 Å². The van der Waals surface area contributed by atoms with Crippen molar-refractivity contribution in [2.75, 3.05) is 13.2 Å². The Labute approximate surface area is 169 Å². The quantitative estimate of drug-likeness (QED) is 0.386. The lowest BCUT2D eigenvalue weighted by atomic mass is 10.1. The minimum absolute atomic E-state index is 0.0774. The summed E-state index contributed by atoms with van der Waals surface area (Å²) in [6.07, 6.45) is -3.29. The molecule has 1 aromatic carbocycles. The molecule has 0 saturated carbocycles. The standard InChI is InChI=1S/C20H17F3N2O3S/c21-20(22,23)17-12-15(16-9-5-11-29-16)24-19(25-17)28-13-18(26)27-10-4-8-14-6-2-1-3-7-14/h1-3,5-7,9,11-12H,4,8,10,13H2. The minimum Gasteiger partial charge on any atom is -0.463 e. The number of nitrogens with zero attached hydrogens (tertiary/aromatic N) is 2. The van der Waals surface area contributed by atoms with E-state index < -0.39 is 30.5 Å². The first-order chi connectivity index (χ1) is 13.9. The number of carbonyl (C=O) groups is 1. The maximum atomic E-state index is 13.1. The molecular weight excluding hydrogens is 405 g/mol. The topological polar surface area (TPSA) is 61.3 Å². The Morgan fingerprint density at radius 3 is 2.55 bits per heavy atom. The molecule has 0 spiro atoms. The molecule has 9 heteroatoms. The van der Waals surface area contributed by atoms with E-state index in [0.29, 0.717) is 11.3 Å². The van der Waals surface area contributed by atoms with Gasteiger partial charge in [-0.3, -0.25) is 0 Å². The summed E-state index contributed by atoms with van der Waals surface area (Å²) < 4.78 is 49.4. The number of esters is 1. The molecular formula is C20H17F3N2O3S. The van der Waals surface area contributed by atoms with Crippen molar-refractivity contribution in [1.82, 2.24) is 9.97 Å². The number of carbonyl (C=O) groups excluding carboxylic acids is 1. The summed E-state index contributed by atoms with van der Waals surface area (Å²) >= 11 is 1.24. The Kier molecular flexibility index (Phi) is 6.82. The third-order valence-electron chi connectivity index (χ3n) is 3.80.